The van der Waals surface area contributed by atoms with Crippen molar-refractivity contribution in [3.05, 3.63) is 48.0 Å². The third kappa shape index (κ3) is 2.56. The highest BCUT2D eigenvalue weighted by atomic mass is 16.6. The second-order valence-corrected chi connectivity index (χ2v) is 6.13. The van der Waals surface area contributed by atoms with Gasteiger partial charge >= 0.3 is 0 Å². The van der Waals surface area contributed by atoms with E-state index in [-0.39, 0.29) is 18.5 Å². The standard InChI is InChI=1S/C19H20N2O3/c1-13-11-14-5-2-3-7-16(14)21(13)18(22)12-20-15-6-4-8-17-19(15)24-10-9-23-17/h2-8,13,20H,9-12H2,1H3. The van der Waals surface area contributed by atoms with Gasteiger partial charge in [-0.1, -0.05) is 24.3 Å². The number of nitrogens with one attached hydrogen (secondary N) is 1. The highest BCUT2D eigenvalue weighted by molar-refractivity contribution is 5.98. The second kappa shape index (κ2) is 6.07. The van der Waals surface area contributed by atoms with E-state index in [0.29, 0.717) is 19.0 Å². The molecule has 1 amide bonds. The van der Waals surface area contributed by atoms with Gasteiger partial charge in [0.25, 0.3) is 0 Å². The lowest BCUT2D eigenvalue weighted by Gasteiger charge is -2.24. The molecule has 2 aromatic carbocycles. The number of carbonyl (C=O) groups is 1. The molecule has 1 N–H and O–H groups in total. The Morgan fingerprint density at radius 1 is 1.17 bits per heavy atom. The predicted octanol–water partition coefficient (Wildman–Crippen LogP) is 2.85. The molecule has 0 aliphatic carbocycles. The van der Waals surface area contributed by atoms with Gasteiger partial charge in [-0.2, -0.15) is 0 Å². The van der Waals surface area contributed by atoms with Gasteiger partial charge in [0.15, 0.2) is 11.5 Å². The maximum Gasteiger partial charge on any atom is 0.246 e. The average Bonchev–Trinajstić information content (AvgIpc) is 2.95. The van der Waals surface area contributed by atoms with Crippen molar-refractivity contribution in [2.24, 2.45) is 0 Å². The largest absolute Gasteiger partial charge is 0.486 e. The van der Waals surface area contributed by atoms with Crippen LogP contribution in [0.1, 0.15) is 12.5 Å². The van der Waals surface area contributed by atoms with Gasteiger partial charge in [-0.25, -0.2) is 0 Å². The van der Waals surface area contributed by atoms with Crippen LogP contribution in [0.25, 0.3) is 0 Å². The van der Waals surface area contributed by atoms with Gasteiger partial charge in [-0.05, 0) is 37.1 Å². The van der Waals surface area contributed by atoms with Gasteiger partial charge in [-0.3, -0.25) is 4.79 Å². The highest BCUT2D eigenvalue weighted by Crippen LogP contribution is 2.37. The molecule has 124 valence electrons. The Labute approximate surface area is 141 Å². The summed E-state index contributed by atoms with van der Waals surface area (Å²) >= 11 is 0. The number of anilines is 2. The topological polar surface area (TPSA) is 50.8 Å². The van der Waals surface area contributed by atoms with Gasteiger partial charge < -0.3 is 19.7 Å². The fourth-order valence-electron chi connectivity index (χ4n) is 3.41. The Hall–Kier alpha value is -2.69. The minimum absolute atomic E-state index is 0.0572. The molecular weight excluding hydrogens is 304 g/mol. The molecule has 2 aromatic rings. The van der Waals surface area contributed by atoms with Crippen molar-refractivity contribution in [2.45, 2.75) is 19.4 Å². The number of para-hydroxylation sites is 2. The fourth-order valence-corrected chi connectivity index (χ4v) is 3.41. The van der Waals surface area contributed by atoms with Crippen LogP contribution in [-0.4, -0.2) is 31.7 Å². The Bertz CT molecular complexity index is 775. The Morgan fingerprint density at radius 2 is 2.00 bits per heavy atom. The van der Waals surface area contributed by atoms with E-state index in [1.807, 2.05) is 41.3 Å². The fraction of sp³-hybridized carbons (Fsp3) is 0.316. The van der Waals surface area contributed by atoms with Crippen molar-refractivity contribution in [3.63, 3.8) is 0 Å². The van der Waals surface area contributed by atoms with Crippen LogP contribution in [0.2, 0.25) is 0 Å². The lowest BCUT2D eigenvalue weighted by atomic mass is 10.1. The van der Waals surface area contributed by atoms with E-state index in [4.69, 9.17) is 9.47 Å². The van der Waals surface area contributed by atoms with Gasteiger partial charge in [0.2, 0.25) is 5.91 Å². The van der Waals surface area contributed by atoms with Crippen molar-refractivity contribution < 1.29 is 14.3 Å². The van der Waals surface area contributed by atoms with Crippen molar-refractivity contribution >= 4 is 17.3 Å². The van der Waals surface area contributed by atoms with E-state index in [0.717, 1.165) is 23.5 Å². The summed E-state index contributed by atoms with van der Waals surface area (Å²) in [5.74, 6) is 1.46. The summed E-state index contributed by atoms with van der Waals surface area (Å²) in [6, 6.07) is 14.0. The summed E-state index contributed by atoms with van der Waals surface area (Å²) < 4.78 is 11.3. The molecule has 0 aromatic heterocycles. The molecule has 2 heterocycles. The lowest BCUT2D eigenvalue weighted by Crippen LogP contribution is -2.39. The van der Waals surface area contributed by atoms with Crippen LogP contribution >= 0.6 is 0 Å². The van der Waals surface area contributed by atoms with Crippen LogP contribution in [0.4, 0.5) is 11.4 Å². The smallest absolute Gasteiger partial charge is 0.246 e. The Morgan fingerprint density at radius 3 is 2.92 bits per heavy atom. The summed E-state index contributed by atoms with van der Waals surface area (Å²) in [5, 5.41) is 3.20. The van der Waals surface area contributed by atoms with Gasteiger partial charge in [0.1, 0.15) is 13.2 Å². The van der Waals surface area contributed by atoms with Gasteiger partial charge in [0, 0.05) is 11.7 Å². The molecule has 0 saturated carbocycles. The molecule has 4 rings (SSSR count). The van der Waals surface area contributed by atoms with Crippen LogP contribution in [-0.2, 0) is 11.2 Å². The zero-order chi connectivity index (χ0) is 16.5. The number of hydrogen-bond acceptors (Lipinski definition) is 4. The SMILES string of the molecule is CC1Cc2ccccc2N1C(=O)CNc1cccc2c1OCCO2. The molecule has 0 saturated heterocycles. The maximum absolute atomic E-state index is 12.8. The molecule has 0 radical (unpaired) electrons. The van der Waals surface area contributed by atoms with Crippen molar-refractivity contribution in [2.75, 3.05) is 30.0 Å². The molecule has 2 aliphatic heterocycles. The quantitative estimate of drug-likeness (QED) is 0.943. The van der Waals surface area contributed by atoms with Crippen molar-refractivity contribution in [1.82, 2.24) is 0 Å². The predicted molar refractivity (Wildman–Crippen MR) is 93.0 cm³/mol. The number of hydrogen-bond donors (Lipinski definition) is 1. The number of benzene rings is 2. The summed E-state index contributed by atoms with van der Waals surface area (Å²) in [6.45, 7) is 3.38. The van der Waals surface area contributed by atoms with Crippen LogP contribution in [0.3, 0.4) is 0 Å². The van der Waals surface area contributed by atoms with E-state index in [1.165, 1.54) is 5.56 Å². The summed E-state index contributed by atoms with van der Waals surface area (Å²) in [5.41, 5.74) is 3.04. The third-order valence-electron chi connectivity index (χ3n) is 4.47. The van der Waals surface area contributed by atoms with Gasteiger partial charge in [0.05, 0.1) is 12.2 Å². The molecule has 0 bridgehead atoms. The first kappa shape index (κ1) is 14.9. The monoisotopic (exact) mass is 324 g/mol. The first-order valence-corrected chi connectivity index (χ1v) is 8.26. The van der Waals surface area contributed by atoms with Gasteiger partial charge in [-0.15, -0.1) is 0 Å². The average molecular weight is 324 g/mol. The number of rotatable bonds is 3. The van der Waals surface area contributed by atoms with E-state index < -0.39 is 0 Å². The normalized spacial score (nSPS) is 18.2. The van der Waals surface area contributed by atoms with Crippen LogP contribution in [0, 0.1) is 0 Å². The summed E-state index contributed by atoms with van der Waals surface area (Å²) in [4.78, 5) is 14.6. The lowest BCUT2D eigenvalue weighted by molar-refractivity contribution is -0.117. The molecule has 5 nitrogen and oxygen atoms in total. The number of fused-ring (bicyclic) bond motifs is 2. The molecular formula is C19H20N2O3. The van der Waals surface area contributed by atoms with Crippen molar-refractivity contribution in [3.8, 4) is 11.5 Å². The number of amides is 1. The molecule has 1 unspecified atom stereocenters. The first-order valence-electron chi connectivity index (χ1n) is 8.26. The molecule has 5 heteroatoms. The minimum Gasteiger partial charge on any atom is -0.486 e. The summed E-state index contributed by atoms with van der Waals surface area (Å²) in [6.07, 6.45) is 0.902. The third-order valence-corrected chi connectivity index (χ3v) is 4.47. The molecule has 24 heavy (non-hydrogen) atoms. The molecule has 0 spiro atoms. The van der Waals surface area contributed by atoms with E-state index >= 15 is 0 Å². The Balaban J connectivity index is 1.50. The number of carbonyl (C=O) groups excluding carboxylic acids is 1. The Kier molecular flexibility index (Phi) is 3.76. The van der Waals surface area contributed by atoms with E-state index in [1.54, 1.807) is 0 Å². The first-order chi connectivity index (χ1) is 11.7. The highest BCUT2D eigenvalue weighted by Gasteiger charge is 2.30. The number of nitrogens with zero attached hydrogens (tertiary/aromatic N) is 1. The van der Waals surface area contributed by atoms with E-state index in [9.17, 15) is 4.79 Å². The van der Waals surface area contributed by atoms with Crippen molar-refractivity contribution in [1.29, 1.82) is 0 Å². The van der Waals surface area contributed by atoms with Crippen LogP contribution in [0.15, 0.2) is 42.5 Å². The molecule has 2 aliphatic rings. The minimum atomic E-state index is 0.0572. The zero-order valence-corrected chi connectivity index (χ0v) is 13.6. The second-order valence-electron chi connectivity index (χ2n) is 6.13. The maximum atomic E-state index is 12.8. The molecule has 0 fully saturated rings. The zero-order valence-electron chi connectivity index (χ0n) is 13.6. The van der Waals surface area contributed by atoms with E-state index in [2.05, 4.69) is 18.3 Å². The van der Waals surface area contributed by atoms with Crippen LogP contribution in [0.5, 0.6) is 11.5 Å². The number of ether oxygens (including phenoxy) is 2. The summed E-state index contributed by atoms with van der Waals surface area (Å²) in [7, 11) is 0. The molecule has 1 atom stereocenters. The van der Waals surface area contributed by atoms with Crippen LogP contribution < -0.4 is 19.7 Å².